The van der Waals surface area contributed by atoms with E-state index in [9.17, 15) is 0 Å². The minimum Gasteiger partial charge on any atom is -0.415 e. The zero-order chi connectivity index (χ0) is 12.3. The van der Waals surface area contributed by atoms with Crippen LogP contribution < -0.4 is 0 Å². The molecule has 0 fully saturated rings. The summed E-state index contributed by atoms with van der Waals surface area (Å²) in [5.41, 5.74) is 0. The van der Waals surface area contributed by atoms with Crippen molar-refractivity contribution in [3.05, 3.63) is 12.7 Å². The van der Waals surface area contributed by atoms with Crippen molar-refractivity contribution in [2.45, 2.75) is 59.2 Å². The molecule has 0 aliphatic heterocycles. The second-order valence-electron chi connectivity index (χ2n) is 5.25. The fourth-order valence-corrected chi connectivity index (χ4v) is 7.13. The zero-order valence-electron chi connectivity index (χ0n) is 11.3. The molecular weight excluding hydrogens is 220 g/mol. The highest BCUT2D eigenvalue weighted by molar-refractivity contribution is 7.35. The van der Waals surface area contributed by atoms with Crippen LogP contribution in [0.3, 0.4) is 0 Å². The predicted molar refractivity (Wildman–Crippen MR) is 71.9 cm³/mol. The van der Waals surface area contributed by atoms with Gasteiger partial charge >= 0.3 is 0 Å². The van der Waals surface area contributed by atoms with Gasteiger partial charge in [0.1, 0.15) is 0 Å². The van der Waals surface area contributed by atoms with Crippen molar-refractivity contribution in [1.29, 1.82) is 0 Å². The largest absolute Gasteiger partial charge is 0.415 e. The molecule has 0 aliphatic rings. The molecule has 0 amide bonds. The first-order valence-electron chi connectivity index (χ1n) is 5.60. The first-order chi connectivity index (χ1) is 6.62. The van der Waals surface area contributed by atoms with Gasteiger partial charge in [-0.2, -0.15) is 0 Å². The molecule has 0 saturated carbocycles. The standard InChI is InChI=1S/C11H26O2Si2/c1-9-11(4)13-15(7,8)14(5,6)12-10(2)3/h9-11H,1H2,2-8H3. The lowest BCUT2D eigenvalue weighted by atomic mass is 10.4. The van der Waals surface area contributed by atoms with E-state index in [0.29, 0.717) is 6.10 Å². The van der Waals surface area contributed by atoms with E-state index in [0.717, 1.165) is 0 Å². The van der Waals surface area contributed by atoms with E-state index >= 15 is 0 Å². The molecule has 15 heavy (non-hydrogen) atoms. The van der Waals surface area contributed by atoms with Crippen LogP contribution in [0.4, 0.5) is 0 Å². The molecule has 0 bridgehead atoms. The van der Waals surface area contributed by atoms with Crippen LogP contribution in [0.15, 0.2) is 12.7 Å². The lowest BCUT2D eigenvalue weighted by Crippen LogP contribution is -2.60. The molecule has 1 unspecified atom stereocenters. The summed E-state index contributed by atoms with van der Waals surface area (Å²) < 4.78 is 12.2. The van der Waals surface area contributed by atoms with Crippen molar-refractivity contribution < 1.29 is 8.85 Å². The molecule has 0 rings (SSSR count). The molecule has 0 aromatic carbocycles. The van der Waals surface area contributed by atoms with E-state index in [1.165, 1.54) is 0 Å². The minimum atomic E-state index is -1.73. The third-order valence-corrected chi connectivity index (χ3v) is 17.1. The molecule has 0 spiro atoms. The van der Waals surface area contributed by atoms with Crippen LogP contribution in [0.25, 0.3) is 0 Å². The summed E-state index contributed by atoms with van der Waals surface area (Å²) in [6.07, 6.45) is 2.28. The van der Waals surface area contributed by atoms with Gasteiger partial charge in [-0.1, -0.05) is 6.08 Å². The molecule has 0 aliphatic carbocycles. The Hall–Kier alpha value is 0.0938. The molecule has 2 nitrogen and oxygen atoms in total. The van der Waals surface area contributed by atoms with Gasteiger partial charge in [0.15, 0.2) is 0 Å². The summed E-state index contributed by atoms with van der Waals surface area (Å²) in [4.78, 5) is 0. The molecule has 0 aromatic rings. The average Bonchev–Trinajstić information content (AvgIpc) is 2.00. The number of hydrogen-bond donors (Lipinski definition) is 0. The molecule has 0 aromatic heterocycles. The van der Waals surface area contributed by atoms with E-state index in [1.54, 1.807) is 0 Å². The molecule has 0 heterocycles. The van der Waals surface area contributed by atoms with Gasteiger partial charge < -0.3 is 8.85 Å². The average molecular weight is 246 g/mol. The summed E-state index contributed by atoms with van der Waals surface area (Å²) in [7, 11) is -3.44. The van der Waals surface area contributed by atoms with Crippen LogP contribution in [0, 0.1) is 0 Å². The van der Waals surface area contributed by atoms with Gasteiger partial charge in [-0.25, -0.2) is 0 Å². The van der Waals surface area contributed by atoms with Crippen LogP contribution in [0.5, 0.6) is 0 Å². The molecule has 0 radical (unpaired) electrons. The van der Waals surface area contributed by atoms with E-state index in [2.05, 4.69) is 46.6 Å². The predicted octanol–water partition coefficient (Wildman–Crippen LogP) is 3.49. The molecule has 1 atom stereocenters. The number of rotatable bonds is 6. The van der Waals surface area contributed by atoms with Crippen molar-refractivity contribution in [1.82, 2.24) is 0 Å². The monoisotopic (exact) mass is 246 g/mol. The fourth-order valence-electron chi connectivity index (χ4n) is 1.39. The Kier molecular flexibility index (Phi) is 5.46. The van der Waals surface area contributed by atoms with Crippen LogP contribution >= 0.6 is 0 Å². The lowest BCUT2D eigenvalue weighted by molar-refractivity contribution is 0.222. The second-order valence-corrected chi connectivity index (χ2v) is 19.0. The van der Waals surface area contributed by atoms with Crippen molar-refractivity contribution in [3.63, 3.8) is 0 Å². The van der Waals surface area contributed by atoms with Crippen LogP contribution in [-0.4, -0.2) is 27.9 Å². The van der Waals surface area contributed by atoms with Gasteiger partial charge in [0.05, 0.1) is 6.10 Å². The summed E-state index contributed by atoms with van der Waals surface area (Å²) in [5, 5.41) is 0. The SMILES string of the molecule is C=CC(C)O[Si](C)(C)[Si](C)(C)OC(C)C. The Balaban J connectivity index is 4.60. The summed E-state index contributed by atoms with van der Waals surface area (Å²) >= 11 is 0. The van der Waals surface area contributed by atoms with Crippen LogP contribution in [0.1, 0.15) is 20.8 Å². The first-order valence-corrected chi connectivity index (χ1v) is 12.4. The highest BCUT2D eigenvalue weighted by Gasteiger charge is 2.46. The summed E-state index contributed by atoms with van der Waals surface area (Å²) in [5.74, 6) is 0. The summed E-state index contributed by atoms with van der Waals surface area (Å²) in [6.45, 7) is 19.0. The Labute approximate surface area is 96.7 Å². The van der Waals surface area contributed by atoms with E-state index in [-0.39, 0.29) is 6.10 Å². The van der Waals surface area contributed by atoms with Crippen molar-refractivity contribution in [3.8, 4) is 0 Å². The van der Waals surface area contributed by atoms with Crippen molar-refractivity contribution in [2.75, 3.05) is 0 Å². The van der Waals surface area contributed by atoms with Gasteiger partial charge in [0.25, 0.3) is 0 Å². The van der Waals surface area contributed by atoms with Crippen molar-refractivity contribution in [2.24, 2.45) is 0 Å². The minimum absolute atomic E-state index is 0.134. The quantitative estimate of drug-likeness (QED) is 0.527. The normalized spacial score (nSPS) is 15.5. The molecule has 0 N–H and O–H groups in total. The summed E-state index contributed by atoms with van der Waals surface area (Å²) in [6, 6.07) is 0. The molecule has 90 valence electrons. The Morgan fingerprint density at radius 3 is 1.67 bits per heavy atom. The highest BCUT2D eigenvalue weighted by Crippen LogP contribution is 2.24. The number of hydrogen-bond acceptors (Lipinski definition) is 2. The third kappa shape index (κ3) is 4.63. The van der Waals surface area contributed by atoms with Crippen molar-refractivity contribution >= 4 is 15.7 Å². The van der Waals surface area contributed by atoms with Crippen LogP contribution in [0.2, 0.25) is 26.2 Å². The Morgan fingerprint density at radius 2 is 1.33 bits per heavy atom. The molecular formula is C11H26O2Si2. The van der Waals surface area contributed by atoms with Gasteiger partial charge in [-0.15, -0.1) is 6.58 Å². The topological polar surface area (TPSA) is 18.5 Å². The van der Waals surface area contributed by atoms with E-state index in [1.807, 2.05) is 13.0 Å². The van der Waals surface area contributed by atoms with Crippen LogP contribution in [-0.2, 0) is 8.85 Å². The third-order valence-electron chi connectivity index (χ3n) is 2.79. The maximum atomic E-state index is 6.11. The highest BCUT2D eigenvalue weighted by atomic mass is 29.3. The van der Waals surface area contributed by atoms with Gasteiger partial charge in [-0.3, -0.25) is 0 Å². The maximum Gasteiger partial charge on any atom is 0.205 e. The van der Waals surface area contributed by atoms with Gasteiger partial charge in [0, 0.05) is 6.10 Å². The first kappa shape index (κ1) is 15.1. The van der Waals surface area contributed by atoms with E-state index in [4.69, 9.17) is 8.85 Å². The Bertz CT molecular complexity index is 213. The fraction of sp³-hybridized carbons (Fsp3) is 0.818. The zero-order valence-corrected chi connectivity index (χ0v) is 13.3. The van der Waals surface area contributed by atoms with E-state index < -0.39 is 15.7 Å². The Morgan fingerprint density at radius 1 is 0.933 bits per heavy atom. The maximum absolute atomic E-state index is 6.11. The molecule has 4 heteroatoms. The second kappa shape index (κ2) is 5.43. The lowest BCUT2D eigenvalue weighted by Gasteiger charge is -2.39. The van der Waals surface area contributed by atoms with Gasteiger partial charge in [-0.05, 0) is 47.0 Å². The smallest absolute Gasteiger partial charge is 0.205 e. The van der Waals surface area contributed by atoms with Gasteiger partial charge in [0.2, 0.25) is 15.7 Å². The molecule has 0 saturated heterocycles.